The van der Waals surface area contributed by atoms with Crippen molar-refractivity contribution < 1.29 is 24.6 Å². The van der Waals surface area contributed by atoms with Crippen LogP contribution in [0.4, 0.5) is 17.1 Å². The number of nitrogens with zero attached hydrogens (tertiary/aromatic N) is 3. The molecule has 8 nitrogen and oxygen atoms in total. The van der Waals surface area contributed by atoms with Crippen LogP contribution in [-0.2, 0) is 26.5 Å². The molecule has 2 aromatic carbocycles. The Morgan fingerprint density at radius 2 is 1.47 bits per heavy atom. The molecule has 0 spiro atoms. The van der Waals surface area contributed by atoms with Crippen molar-refractivity contribution in [2.45, 2.75) is 89.7 Å². The highest BCUT2D eigenvalue weighted by Gasteiger charge is 2.52. The van der Waals surface area contributed by atoms with Gasteiger partial charge in [-0.1, -0.05) is 56.9 Å². The number of hydrogen-bond acceptors (Lipinski definition) is 5. The maximum absolute atomic E-state index is 14.2. The average Bonchev–Trinajstić information content (AvgIpc) is 3.19. The number of rotatable bonds is 8. The summed E-state index contributed by atoms with van der Waals surface area (Å²) in [5.74, 6) is -0.800. The fraction of sp³-hybridized carbons (Fsp3) is 0.514. The normalized spacial score (nSPS) is 22.8. The van der Waals surface area contributed by atoms with Gasteiger partial charge in [0.1, 0.15) is 0 Å². The lowest BCUT2D eigenvalue weighted by atomic mass is 9.82. The summed E-state index contributed by atoms with van der Waals surface area (Å²) in [5, 5.41) is 21.5. The third-order valence-electron chi connectivity index (χ3n) is 9.15. The van der Waals surface area contributed by atoms with Crippen molar-refractivity contribution in [2.75, 3.05) is 34.4 Å². The Hall–Kier alpha value is -3.49. The van der Waals surface area contributed by atoms with Crippen LogP contribution in [0.15, 0.2) is 54.6 Å². The van der Waals surface area contributed by atoms with Gasteiger partial charge in [-0.25, -0.2) is 0 Å². The number of carbonyl (C=O) groups is 3. The van der Waals surface area contributed by atoms with Gasteiger partial charge in [-0.05, 0) is 68.0 Å². The molecule has 3 aliphatic rings. The maximum Gasteiger partial charge on any atom is 0.264 e. The van der Waals surface area contributed by atoms with Gasteiger partial charge >= 0.3 is 0 Å². The molecule has 3 heterocycles. The van der Waals surface area contributed by atoms with E-state index < -0.39 is 17.4 Å². The average molecular weight is 588 g/mol. The number of aliphatic hydroxyl groups excluding tert-OH is 1. The van der Waals surface area contributed by atoms with Gasteiger partial charge in [0.15, 0.2) is 5.60 Å². The molecular weight excluding hydrogens is 542 g/mol. The molecule has 3 aliphatic heterocycles. The van der Waals surface area contributed by atoms with Gasteiger partial charge in [0.2, 0.25) is 11.8 Å². The molecule has 43 heavy (non-hydrogen) atoms. The number of anilines is 3. The molecule has 2 saturated heterocycles. The summed E-state index contributed by atoms with van der Waals surface area (Å²) in [4.78, 5) is 45.4. The largest absolute Gasteiger partial charge is 0.396 e. The molecule has 0 bridgehead atoms. The van der Waals surface area contributed by atoms with E-state index in [4.69, 9.17) is 0 Å². The molecule has 230 valence electrons. The summed E-state index contributed by atoms with van der Waals surface area (Å²) in [7, 11) is 0. The topological polar surface area (TPSA) is 101 Å². The molecule has 0 unspecified atom stereocenters. The Kier molecular flexibility index (Phi) is 9.98. The van der Waals surface area contributed by atoms with Crippen molar-refractivity contribution in [2.24, 2.45) is 5.92 Å². The van der Waals surface area contributed by atoms with Crippen molar-refractivity contribution in [3.8, 4) is 0 Å². The summed E-state index contributed by atoms with van der Waals surface area (Å²) in [6.07, 6.45) is 13.0. The predicted octanol–water partition coefficient (Wildman–Crippen LogP) is 5.59. The molecule has 2 aromatic rings. The first kappa shape index (κ1) is 31.0. The second-order valence-electron chi connectivity index (χ2n) is 12.2. The summed E-state index contributed by atoms with van der Waals surface area (Å²) in [5.41, 5.74) is 1.66. The summed E-state index contributed by atoms with van der Waals surface area (Å²) in [6, 6.07) is 13.3. The first-order chi connectivity index (χ1) is 20.8. The molecule has 0 aromatic heterocycles. The summed E-state index contributed by atoms with van der Waals surface area (Å²) in [6.45, 7) is 3.32. The minimum atomic E-state index is -1.83. The standard InChI is InChI=1S/C35H45N3O5/c1-26(13-8-11-22-39)35(43)30-24-29(37-21-10-5-3-7-17-33(37)41)18-19-31(30)38(34(35)42)25-27-14-12-15-28(23-27)36-20-9-4-2-6-16-32(36)40/h8,12-15,18-19,23-24,26,39,43H,2-7,9-11,16-17,20-22,25H2,1H3/b13-8+/t26-,35+/m0/s1. The Morgan fingerprint density at radius 3 is 2.12 bits per heavy atom. The van der Waals surface area contributed by atoms with Crippen LogP contribution in [0.2, 0.25) is 0 Å². The quantitative estimate of drug-likeness (QED) is 0.392. The zero-order valence-corrected chi connectivity index (χ0v) is 25.3. The number of fused-ring (bicyclic) bond motifs is 1. The van der Waals surface area contributed by atoms with Gasteiger partial charge in [0.05, 0.1) is 12.2 Å². The van der Waals surface area contributed by atoms with Crippen molar-refractivity contribution in [1.82, 2.24) is 0 Å². The van der Waals surface area contributed by atoms with E-state index in [9.17, 15) is 24.6 Å². The van der Waals surface area contributed by atoms with Gasteiger partial charge in [-0.3, -0.25) is 14.4 Å². The summed E-state index contributed by atoms with van der Waals surface area (Å²) < 4.78 is 0. The minimum Gasteiger partial charge on any atom is -0.396 e. The number of carbonyl (C=O) groups excluding carboxylic acids is 3. The van der Waals surface area contributed by atoms with Gasteiger partial charge in [0, 0.05) is 55.4 Å². The minimum absolute atomic E-state index is 0.0185. The molecule has 2 N–H and O–H groups in total. The first-order valence-electron chi connectivity index (χ1n) is 16.0. The van der Waals surface area contributed by atoms with Crippen LogP contribution >= 0.6 is 0 Å². The van der Waals surface area contributed by atoms with E-state index in [0.29, 0.717) is 49.3 Å². The number of amides is 3. The van der Waals surface area contributed by atoms with Crippen LogP contribution in [0.1, 0.15) is 88.7 Å². The van der Waals surface area contributed by atoms with Crippen LogP contribution in [-0.4, -0.2) is 47.6 Å². The van der Waals surface area contributed by atoms with Crippen LogP contribution in [0.3, 0.4) is 0 Å². The van der Waals surface area contributed by atoms with Crippen molar-refractivity contribution in [3.63, 3.8) is 0 Å². The molecule has 0 aliphatic carbocycles. The highest BCUT2D eigenvalue weighted by Crippen LogP contribution is 2.47. The van der Waals surface area contributed by atoms with Gasteiger partial charge < -0.3 is 24.9 Å². The van der Waals surface area contributed by atoms with E-state index in [1.165, 1.54) is 0 Å². The van der Waals surface area contributed by atoms with E-state index in [1.807, 2.05) is 47.4 Å². The van der Waals surface area contributed by atoms with Crippen LogP contribution in [0, 0.1) is 5.92 Å². The molecule has 8 heteroatoms. The maximum atomic E-state index is 14.2. The van der Waals surface area contributed by atoms with Gasteiger partial charge in [-0.2, -0.15) is 0 Å². The van der Waals surface area contributed by atoms with E-state index >= 15 is 0 Å². The van der Waals surface area contributed by atoms with Crippen molar-refractivity contribution in [3.05, 3.63) is 65.7 Å². The Bertz CT molecular complexity index is 1360. The molecule has 2 atom stereocenters. The second-order valence-corrected chi connectivity index (χ2v) is 12.2. The lowest BCUT2D eigenvalue weighted by Crippen LogP contribution is -2.44. The highest BCUT2D eigenvalue weighted by atomic mass is 16.3. The first-order valence-corrected chi connectivity index (χ1v) is 16.0. The van der Waals surface area contributed by atoms with E-state index in [1.54, 1.807) is 28.9 Å². The Balaban J connectivity index is 1.49. The number of aliphatic hydroxyl groups is 2. The van der Waals surface area contributed by atoms with Crippen molar-refractivity contribution in [1.29, 1.82) is 0 Å². The molecule has 0 saturated carbocycles. The smallest absolute Gasteiger partial charge is 0.264 e. The fourth-order valence-electron chi connectivity index (χ4n) is 6.64. The zero-order chi connectivity index (χ0) is 30.4. The summed E-state index contributed by atoms with van der Waals surface area (Å²) >= 11 is 0. The van der Waals surface area contributed by atoms with Crippen LogP contribution in [0.5, 0.6) is 0 Å². The van der Waals surface area contributed by atoms with E-state index in [2.05, 4.69) is 0 Å². The third kappa shape index (κ3) is 6.55. The third-order valence-corrected chi connectivity index (χ3v) is 9.15. The molecule has 3 amide bonds. The molecule has 5 rings (SSSR count). The SMILES string of the molecule is C[C@@H](/C=C/CCO)[C@]1(O)C(=O)N(Cc2cccc(N3CCCCCCC3=O)c2)c2ccc(N3CCCCCCC3=O)cc21. The predicted molar refractivity (Wildman–Crippen MR) is 169 cm³/mol. The molecular formula is C35H45N3O5. The lowest BCUT2D eigenvalue weighted by molar-refractivity contribution is -0.139. The monoisotopic (exact) mass is 587 g/mol. The van der Waals surface area contributed by atoms with Gasteiger partial charge in [0.25, 0.3) is 5.91 Å². The van der Waals surface area contributed by atoms with Crippen LogP contribution < -0.4 is 14.7 Å². The molecule has 2 fully saturated rings. The Morgan fingerprint density at radius 1 is 0.837 bits per heavy atom. The second kappa shape index (κ2) is 13.9. The van der Waals surface area contributed by atoms with Crippen LogP contribution in [0.25, 0.3) is 0 Å². The molecule has 0 radical (unpaired) electrons. The fourth-order valence-corrected chi connectivity index (χ4v) is 6.64. The lowest BCUT2D eigenvalue weighted by Gasteiger charge is -2.29. The highest BCUT2D eigenvalue weighted by molar-refractivity contribution is 6.08. The van der Waals surface area contributed by atoms with E-state index in [-0.39, 0.29) is 25.0 Å². The number of hydrogen-bond donors (Lipinski definition) is 2. The zero-order valence-electron chi connectivity index (χ0n) is 25.3. The Labute approximate surface area is 255 Å². The van der Waals surface area contributed by atoms with E-state index in [0.717, 1.165) is 62.6 Å². The van der Waals surface area contributed by atoms with Crippen molar-refractivity contribution >= 4 is 34.8 Å². The number of benzene rings is 2. The van der Waals surface area contributed by atoms with Gasteiger partial charge in [-0.15, -0.1) is 0 Å².